The van der Waals surface area contributed by atoms with Gasteiger partial charge in [-0.15, -0.1) is 0 Å². The molecule has 98 valence electrons. The highest BCUT2D eigenvalue weighted by atomic mass is 35.5. The minimum absolute atomic E-state index is 0.0878. The summed E-state index contributed by atoms with van der Waals surface area (Å²) >= 11 is 6.23. The number of aromatic nitrogens is 2. The average Bonchev–Trinajstić information content (AvgIpc) is 2.55. The molecule has 0 aliphatic carbocycles. The molecular formula is C12H22ClN3O. The van der Waals surface area contributed by atoms with E-state index in [4.69, 9.17) is 22.1 Å². The number of hydrogen-bond acceptors (Lipinski definition) is 3. The van der Waals surface area contributed by atoms with E-state index < -0.39 is 0 Å². The largest absolute Gasteiger partial charge is 0.383 e. The van der Waals surface area contributed by atoms with Crippen molar-refractivity contribution in [3.05, 3.63) is 16.9 Å². The minimum Gasteiger partial charge on any atom is -0.383 e. The Labute approximate surface area is 108 Å². The van der Waals surface area contributed by atoms with Crippen LogP contribution in [0.25, 0.3) is 0 Å². The molecule has 1 unspecified atom stereocenters. The Balaban J connectivity index is 2.97. The van der Waals surface area contributed by atoms with Crippen molar-refractivity contribution < 1.29 is 4.74 Å². The zero-order valence-electron chi connectivity index (χ0n) is 11.0. The quantitative estimate of drug-likeness (QED) is 0.852. The second-order valence-electron chi connectivity index (χ2n) is 5.12. The molecule has 1 aromatic heterocycles. The van der Waals surface area contributed by atoms with Crippen LogP contribution in [0, 0.1) is 0 Å². The van der Waals surface area contributed by atoms with Crippen LogP contribution < -0.4 is 5.73 Å². The van der Waals surface area contributed by atoms with Gasteiger partial charge in [-0.1, -0.05) is 25.4 Å². The molecule has 17 heavy (non-hydrogen) atoms. The number of rotatable bonds is 6. The lowest BCUT2D eigenvalue weighted by atomic mass is 9.83. The summed E-state index contributed by atoms with van der Waals surface area (Å²) in [5.41, 5.74) is 6.84. The van der Waals surface area contributed by atoms with Crippen molar-refractivity contribution in [2.75, 3.05) is 13.7 Å². The number of ether oxygens (including phenoxy) is 1. The van der Waals surface area contributed by atoms with E-state index >= 15 is 0 Å². The first kappa shape index (κ1) is 14.5. The molecule has 0 radical (unpaired) electrons. The molecule has 0 amide bonds. The Morgan fingerprint density at radius 2 is 2.24 bits per heavy atom. The van der Waals surface area contributed by atoms with Crippen LogP contribution in [0.4, 0.5) is 0 Å². The second-order valence-corrected chi connectivity index (χ2v) is 5.53. The maximum absolute atomic E-state index is 6.23. The van der Waals surface area contributed by atoms with E-state index in [1.165, 1.54) is 0 Å². The number of nitrogens with two attached hydrogens (primary N) is 1. The van der Waals surface area contributed by atoms with Crippen molar-refractivity contribution in [3.8, 4) is 0 Å². The Morgan fingerprint density at radius 1 is 1.59 bits per heavy atom. The van der Waals surface area contributed by atoms with Crippen LogP contribution >= 0.6 is 11.6 Å². The summed E-state index contributed by atoms with van der Waals surface area (Å²) in [4.78, 5) is 0. The molecule has 0 saturated heterocycles. The lowest BCUT2D eigenvalue weighted by molar-refractivity contribution is 0.180. The average molecular weight is 260 g/mol. The standard InChI is InChI=1S/C12H22ClN3O/c1-9(14)7-12(2,3)11-10(13)8-15-16(11)5-6-17-4/h8-9H,5-7,14H2,1-4H3. The normalized spacial score (nSPS) is 14.0. The van der Waals surface area contributed by atoms with Gasteiger partial charge in [0.1, 0.15) is 0 Å². The van der Waals surface area contributed by atoms with Crippen LogP contribution in [0.2, 0.25) is 5.02 Å². The van der Waals surface area contributed by atoms with Crippen LogP contribution in [0.1, 0.15) is 32.9 Å². The highest BCUT2D eigenvalue weighted by molar-refractivity contribution is 6.31. The summed E-state index contributed by atoms with van der Waals surface area (Å²) in [7, 11) is 1.68. The van der Waals surface area contributed by atoms with Crippen LogP contribution in [0.5, 0.6) is 0 Å². The molecule has 0 aliphatic heterocycles. The molecule has 0 fully saturated rings. The lowest BCUT2D eigenvalue weighted by Gasteiger charge is -2.28. The molecule has 0 bridgehead atoms. The van der Waals surface area contributed by atoms with Gasteiger partial charge in [0, 0.05) is 18.6 Å². The number of hydrogen-bond donors (Lipinski definition) is 1. The van der Waals surface area contributed by atoms with Crippen LogP contribution in [-0.2, 0) is 16.7 Å². The minimum atomic E-state index is -0.0878. The lowest BCUT2D eigenvalue weighted by Crippen LogP contribution is -2.31. The maximum Gasteiger partial charge on any atom is 0.0823 e. The van der Waals surface area contributed by atoms with Gasteiger partial charge >= 0.3 is 0 Å². The molecule has 0 saturated carbocycles. The Kier molecular flexibility index (Phi) is 4.98. The number of methoxy groups -OCH3 is 1. The van der Waals surface area contributed by atoms with Crippen molar-refractivity contribution in [1.82, 2.24) is 9.78 Å². The van der Waals surface area contributed by atoms with Crippen LogP contribution in [-0.4, -0.2) is 29.5 Å². The van der Waals surface area contributed by atoms with Gasteiger partial charge in [0.05, 0.1) is 30.1 Å². The first-order valence-corrected chi connectivity index (χ1v) is 6.22. The number of halogens is 1. The summed E-state index contributed by atoms with van der Waals surface area (Å²) < 4.78 is 6.99. The van der Waals surface area contributed by atoms with Gasteiger partial charge in [-0.05, 0) is 13.3 Å². The van der Waals surface area contributed by atoms with Crippen molar-refractivity contribution in [1.29, 1.82) is 0 Å². The number of nitrogens with zero attached hydrogens (tertiary/aromatic N) is 2. The fourth-order valence-electron chi connectivity index (χ4n) is 2.28. The van der Waals surface area contributed by atoms with Crippen LogP contribution in [0.15, 0.2) is 6.20 Å². The molecule has 4 nitrogen and oxygen atoms in total. The third-order valence-corrected chi connectivity index (χ3v) is 3.05. The van der Waals surface area contributed by atoms with Gasteiger partial charge in [-0.2, -0.15) is 5.10 Å². The molecule has 5 heteroatoms. The summed E-state index contributed by atoms with van der Waals surface area (Å²) in [5, 5.41) is 4.99. The topological polar surface area (TPSA) is 53.1 Å². The van der Waals surface area contributed by atoms with Crippen LogP contribution in [0.3, 0.4) is 0 Å². The molecule has 1 aromatic rings. The van der Waals surface area contributed by atoms with Crippen molar-refractivity contribution in [2.45, 2.75) is 45.2 Å². The first-order chi connectivity index (χ1) is 7.88. The Bertz CT molecular complexity index is 361. The molecule has 0 spiro atoms. The van der Waals surface area contributed by atoms with Crippen molar-refractivity contribution in [2.24, 2.45) is 5.73 Å². The molecule has 2 N–H and O–H groups in total. The van der Waals surface area contributed by atoms with Gasteiger partial charge in [0.25, 0.3) is 0 Å². The fourth-order valence-corrected chi connectivity index (χ4v) is 2.68. The van der Waals surface area contributed by atoms with Crippen molar-refractivity contribution in [3.63, 3.8) is 0 Å². The maximum atomic E-state index is 6.23. The Morgan fingerprint density at radius 3 is 2.76 bits per heavy atom. The van der Waals surface area contributed by atoms with E-state index in [-0.39, 0.29) is 11.5 Å². The van der Waals surface area contributed by atoms with E-state index in [1.54, 1.807) is 13.3 Å². The Hall–Kier alpha value is -0.580. The van der Waals surface area contributed by atoms with E-state index in [1.807, 2.05) is 11.6 Å². The molecule has 0 aliphatic rings. The third-order valence-electron chi connectivity index (χ3n) is 2.78. The molecule has 0 aromatic carbocycles. The highest BCUT2D eigenvalue weighted by Crippen LogP contribution is 2.33. The summed E-state index contributed by atoms with van der Waals surface area (Å²) in [6, 6.07) is 0.131. The smallest absolute Gasteiger partial charge is 0.0823 e. The predicted octanol–water partition coefficient (Wildman–Crippen LogP) is 2.20. The first-order valence-electron chi connectivity index (χ1n) is 5.85. The molecule has 1 heterocycles. The van der Waals surface area contributed by atoms with Gasteiger partial charge in [0.2, 0.25) is 0 Å². The fraction of sp³-hybridized carbons (Fsp3) is 0.750. The molecule has 1 rings (SSSR count). The zero-order chi connectivity index (χ0) is 13.1. The van der Waals surface area contributed by atoms with Gasteiger partial charge in [-0.25, -0.2) is 0 Å². The zero-order valence-corrected chi connectivity index (χ0v) is 11.8. The summed E-state index contributed by atoms with van der Waals surface area (Å²) in [5.74, 6) is 0. The van der Waals surface area contributed by atoms with E-state index in [0.717, 1.165) is 12.1 Å². The van der Waals surface area contributed by atoms with Gasteiger partial charge < -0.3 is 10.5 Å². The summed E-state index contributed by atoms with van der Waals surface area (Å²) in [6.45, 7) is 7.62. The predicted molar refractivity (Wildman–Crippen MR) is 70.4 cm³/mol. The molecular weight excluding hydrogens is 238 g/mol. The van der Waals surface area contributed by atoms with E-state index in [9.17, 15) is 0 Å². The van der Waals surface area contributed by atoms with E-state index in [0.29, 0.717) is 18.2 Å². The van der Waals surface area contributed by atoms with Gasteiger partial charge in [0.15, 0.2) is 0 Å². The van der Waals surface area contributed by atoms with Crippen molar-refractivity contribution >= 4 is 11.6 Å². The van der Waals surface area contributed by atoms with E-state index in [2.05, 4.69) is 18.9 Å². The second kappa shape index (κ2) is 5.85. The van der Waals surface area contributed by atoms with Gasteiger partial charge in [-0.3, -0.25) is 4.68 Å². The molecule has 1 atom stereocenters. The SMILES string of the molecule is COCCn1ncc(Cl)c1C(C)(C)CC(C)N. The highest BCUT2D eigenvalue weighted by Gasteiger charge is 2.28. The third kappa shape index (κ3) is 3.69. The summed E-state index contributed by atoms with van der Waals surface area (Å²) in [6.07, 6.45) is 2.56. The monoisotopic (exact) mass is 259 g/mol.